The molecule has 1 saturated carbocycles. The lowest BCUT2D eigenvalue weighted by atomic mass is 9.65. The Morgan fingerprint density at radius 3 is 2.43 bits per heavy atom. The fraction of sp³-hybridized carbons (Fsp3) is 0.786. The van der Waals surface area contributed by atoms with Crippen molar-refractivity contribution in [2.75, 3.05) is 36.2 Å². The molecule has 7 nitrogen and oxygen atoms in total. The van der Waals surface area contributed by atoms with Gasteiger partial charge in [-0.05, 0) is 12.8 Å². The van der Waals surface area contributed by atoms with E-state index in [4.69, 9.17) is 0 Å². The third-order valence-corrected chi connectivity index (χ3v) is 4.08. The van der Waals surface area contributed by atoms with Crippen LogP contribution < -0.4 is 15.5 Å². The molecule has 1 aromatic heterocycles. The summed E-state index contributed by atoms with van der Waals surface area (Å²) in [5.41, 5.74) is -0.165. The molecule has 0 spiro atoms. The topological polar surface area (TPSA) is 86.2 Å². The van der Waals surface area contributed by atoms with Gasteiger partial charge in [-0.15, -0.1) is 0 Å². The average Bonchev–Trinajstić information content (AvgIpc) is 2.44. The Kier molecular flexibility index (Phi) is 4.51. The third kappa shape index (κ3) is 3.34. The Bertz CT molecular complexity index is 490. The Morgan fingerprint density at radius 1 is 1.24 bits per heavy atom. The highest BCUT2D eigenvalue weighted by Crippen LogP contribution is 2.41. The molecule has 0 radical (unpaired) electrons. The van der Waals surface area contributed by atoms with Crippen LogP contribution in [0.2, 0.25) is 0 Å². The maximum atomic E-state index is 9.82. The van der Waals surface area contributed by atoms with Gasteiger partial charge in [0.1, 0.15) is 0 Å². The second kappa shape index (κ2) is 6.01. The van der Waals surface area contributed by atoms with Crippen LogP contribution in [-0.2, 0) is 0 Å². The standard InChI is InChI=1S/C14H26N6O/c1-6-7-15-11-17-12(19-13(18-11)20(4)5)16-9-8-10(21)14(9,2)3/h9-10,21H,6-8H2,1-5H3,(H2,15,16,17,18,19). The fourth-order valence-corrected chi connectivity index (χ4v) is 2.25. The smallest absolute Gasteiger partial charge is 0.231 e. The Morgan fingerprint density at radius 2 is 1.90 bits per heavy atom. The monoisotopic (exact) mass is 294 g/mol. The molecule has 0 aliphatic heterocycles. The third-order valence-electron chi connectivity index (χ3n) is 4.08. The Balaban J connectivity index is 2.16. The summed E-state index contributed by atoms with van der Waals surface area (Å²) in [6.07, 6.45) is 1.45. The largest absolute Gasteiger partial charge is 0.392 e. The summed E-state index contributed by atoms with van der Waals surface area (Å²) in [4.78, 5) is 15.1. The zero-order valence-corrected chi connectivity index (χ0v) is 13.5. The van der Waals surface area contributed by atoms with Crippen molar-refractivity contribution in [1.29, 1.82) is 0 Å². The lowest BCUT2D eigenvalue weighted by molar-refractivity contribution is -0.0512. The molecule has 1 heterocycles. The molecule has 1 aliphatic carbocycles. The van der Waals surface area contributed by atoms with Crippen LogP contribution in [-0.4, -0.2) is 52.8 Å². The van der Waals surface area contributed by atoms with E-state index in [-0.39, 0.29) is 17.6 Å². The van der Waals surface area contributed by atoms with Crippen LogP contribution in [0.3, 0.4) is 0 Å². The summed E-state index contributed by atoms with van der Waals surface area (Å²) < 4.78 is 0. The van der Waals surface area contributed by atoms with Gasteiger partial charge in [-0.25, -0.2) is 0 Å². The number of aromatic nitrogens is 3. The van der Waals surface area contributed by atoms with Crippen molar-refractivity contribution >= 4 is 17.8 Å². The van der Waals surface area contributed by atoms with Gasteiger partial charge in [0.2, 0.25) is 17.8 Å². The molecule has 1 fully saturated rings. The summed E-state index contributed by atoms with van der Waals surface area (Å²) in [5.74, 6) is 1.75. The molecule has 118 valence electrons. The van der Waals surface area contributed by atoms with Crippen molar-refractivity contribution in [2.24, 2.45) is 5.41 Å². The van der Waals surface area contributed by atoms with Gasteiger partial charge < -0.3 is 20.6 Å². The van der Waals surface area contributed by atoms with Crippen LogP contribution in [0.1, 0.15) is 33.6 Å². The number of aliphatic hydroxyl groups is 1. The number of hydrogen-bond donors (Lipinski definition) is 3. The van der Waals surface area contributed by atoms with E-state index in [1.165, 1.54) is 0 Å². The van der Waals surface area contributed by atoms with Gasteiger partial charge >= 0.3 is 0 Å². The number of anilines is 3. The molecule has 21 heavy (non-hydrogen) atoms. The maximum absolute atomic E-state index is 9.82. The van der Waals surface area contributed by atoms with Gasteiger partial charge in [0.15, 0.2) is 0 Å². The predicted octanol–water partition coefficient (Wildman–Crippen LogP) is 1.33. The van der Waals surface area contributed by atoms with Crippen LogP contribution >= 0.6 is 0 Å². The van der Waals surface area contributed by atoms with Gasteiger partial charge in [-0.2, -0.15) is 15.0 Å². The second-order valence-electron chi connectivity index (χ2n) is 6.37. The van der Waals surface area contributed by atoms with E-state index < -0.39 is 0 Å². The summed E-state index contributed by atoms with van der Waals surface area (Å²) in [6, 6.07) is 0.170. The van der Waals surface area contributed by atoms with Crippen molar-refractivity contribution in [3.63, 3.8) is 0 Å². The summed E-state index contributed by atoms with van der Waals surface area (Å²) in [7, 11) is 3.81. The Hall–Kier alpha value is -1.63. The number of aliphatic hydroxyl groups excluding tert-OH is 1. The van der Waals surface area contributed by atoms with Crippen molar-refractivity contribution in [1.82, 2.24) is 15.0 Å². The van der Waals surface area contributed by atoms with E-state index >= 15 is 0 Å². The Labute approximate surface area is 126 Å². The van der Waals surface area contributed by atoms with Gasteiger partial charge in [-0.1, -0.05) is 20.8 Å². The number of hydrogen-bond acceptors (Lipinski definition) is 7. The molecular formula is C14H26N6O. The zero-order valence-electron chi connectivity index (χ0n) is 13.5. The summed E-state index contributed by atoms with van der Waals surface area (Å²) in [5, 5.41) is 16.3. The van der Waals surface area contributed by atoms with Crippen molar-refractivity contribution in [3.05, 3.63) is 0 Å². The molecule has 3 N–H and O–H groups in total. The first-order valence-corrected chi connectivity index (χ1v) is 7.46. The highest BCUT2D eigenvalue weighted by atomic mass is 16.3. The van der Waals surface area contributed by atoms with Crippen molar-refractivity contribution < 1.29 is 5.11 Å². The lowest BCUT2D eigenvalue weighted by Gasteiger charge is -2.49. The van der Waals surface area contributed by atoms with Crippen LogP contribution in [0.4, 0.5) is 17.8 Å². The normalized spacial score (nSPS) is 23.3. The van der Waals surface area contributed by atoms with Gasteiger partial charge in [0, 0.05) is 32.1 Å². The first kappa shape index (κ1) is 15.8. The molecule has 0 aromatic carbocycles. The number of rotatable bonds is 6. The van der Waals surface area contributed by atoms with E-state index in [2.05, 4.69) is 32.5 Å². The minimum Gasteiger partial charge on any atom is -0.392 e. The molecule has 1 aliphatic rings. The van der Waals surface area contributed by atoms with E-state index in [1.807, 2.05) is 32.8 Å². The van der Waals surface area contributed by atoms with Crippen molar-refractivity contribution in [3.8, 4) is 0 Å². The molecule has 0 amide bonds. The molecule has 0 bridgehead atoms. The van der Waals surface area contributed by atoms with Crippen LogP contribution in [0.15, 0.2) is 0 Å². The van der Waals surface area contributed by atoms with Crippen LogP contribution in [0.5, 0.6) is 0 Å². The van der Waals surface area contributed by atoms with E-state index in [0.717, 1.165) is 13.0 Å². The predicted molar refractivity (Wildman–Crippen MR) is 84.8 cm³/mol. The average molecular weight is 294 g/mol. The van der Waals surface area contributed by atoms with E-state index in [0.29, 0.717) is 24.3 Å². The fourth-order valence-electron chi connectivity index (χ4n) is 2.25. The summed E-state index contributed by atoms with van der Waals surface area (Å²) >= 11 is 0. The number of nitrogens with zero attached hydrogens (tertiary/aromatic N) is 4. The molecule has 7 heteroatoms. The van der Waals surface area contributed by atoms with E-state index in [9.17, 15) is 5.11 Å². The minimum absolute atomic E-state index is 0.165. The van der Waals surface area contributed by atoms with Gasteiger partial charge in [-0.3, -0.25) is 0 Å². The van der Waals surface area contributed by atoms with Gasteiger partial charge in [0.25, 0.3) is 0 Å². The molecule has 2 rings (SSSR count). The van der Waals surface area contributed by atoms with E-state index in [1.54, 1.807) is 0 Å². The zero-order chi connectivity index (χ0) is 15.6. The quantitative estimate of drug-likeness (QED) is 0.729. The summed E-state index contributed by atoms with van der Waals surface area (Å²) in [6.45, 7) is 7.01. The lowest BCUT2D eigenvalue weighted by Crippen LogP contribution is -2.57. The highest BCUT2D eigenvalue weighted by molar-refractivity contribution is 5.44. The highest BCUT2D eigenvalue weighted by Gasteiger charge is 2.47. The maximum Gasteiger partial charge on any atom is 0.231 e. The van der Waals surface area contributed by atoms with Crippen LogP contribution in [0.25, 0.3) is 0 Å². The van der Waals surface area contributed by atoms with Crippen molar-refractivity contribution in [2.45, 2.75) is 45.8 Å². The second-order valence-corrected chi connectivity index (χ2v) is 6.37. The SMILES string of the molecule is CCCNc1nc(NC2CC(O)C2(C)C)nc(N(C)C)n1. The molecule has 2 unspecified atom stereocenters. The number of nitrogens with one attached hydrogen (secondary N) is 2. The molecule has 2 atom stereocenters. The van der Waals surface area contributed by atoms with Gasteiger partial charge in [0.05, 0.1) is 6.10 Å². The molecular weight excluding hydrogens is 268 g/mol. The minimum atomic E-state index is -0.275. The van der Waals surface area contributed by atoms with Crippen LogP contribution in [0, 0.1) is 5.41 Å². The first-order chi connectivity index (χ1) is 9.84. The molecule has 0 saturated heterocycles. The first-order valence-electron chi connectivity index (χ1n) is 7.46. The molecule has 1 aromatic rings.